The van der Waals surface area contributed by atoms with E-state index in [9.17, 15) is 5.11 Å². The Labute approximate surface area is 102 Å². The van der Waals surface area contributed by atoms with Crippen molar-refractivity contribution >= 4 is 22.6 Å². The van der Waals surface area contributed by atoms with Crippen molar-refractivity contribution in [1.82, 2.24) is 10.3 Å². The molecule has 3 rings (SSSR count). The first-order chi connectivity index (χ1) is 7.18. The number of hydrogen-bond donors (Lipinski definition) is 2. The van der Waals surface area contributed by atoms with Gasteiger partial charge in [0.2, 0.25) is 0 Å². The van der Waals surface area contributed by atoms with Crippen LogP contribution in [0.15, 0.2) is 18.3 Å². The van der Waals surface area contributed by atoms with Gasteiger partial charge in [-0.25, -0.2) is 4.98 Å². The second-order valence-corrected chi connectivity index (χ2v) is 5.60. The molecule has 1 aromatic rings. The first-order valence-corrected chi connectivity index (χ1v) is 6.37. The quantitative estimate of drug-likeness (QED) is 0.608. The highest BCUT2D eigenvalue weighted by Crippen LogP contribution is 2.43. The van der Waals surface area contributed by atoms with Crippen molar-refractivity contribution in [3.05, 3.63) is 27.6 Å². The lowest BCUT2D eigenvalue weighted by molar-refractivity contribution is 0.0115. The summed E-state index contributed by atoms with van der Waals surface area (Å²) < 4.78 is 0.969. The highest BCUT2D eigenvalue weighted by Gasteiger charge is 2.50. The molecule has 2 fully saturated rings. The second-order valence-electron chi connectivity index (χ2n) is 4.49. The maximum absolute atomic E-state index is 10.6. The summed E-state index contributed by atoms with van der Waals surface area (Å²) in [7, 11) is 0. The molecule has 4 heteroatoms. The number of halogens is 1. The molecule has 3 unspecified atom stereocenters. The Hall–Kier alpha value is -0.200. The summed E-state index contributed by atoms with van der Waals surface area (Å²) in [6.45, 7) is 0. The summed E-state index contributed by atoms with van der Waals surface area (Å²) in [5.41, 5.74) is 0.280. The summed E-state index contributed by atoms with van der Waals surface area (Å²) in [5.74, 6) is 0. The van der Waals surface area contributed by atoms with Crippen LogP contribution in [-0.2, 0) is 5.60 Å². The second kappa shape index (κ2) is 3.40. The lowest BCUT2D eigenvalue weighted by Crippen LogP contribution is -2.39. The Kier molecular flexibility index (Phi) is 2.26. The molecule has 0 spiro atoms. The van der Waals surface area contributed by atoms with Crippen molar-refractivity contribution in [3.63, 3.8) is 0 Å². The maximum atomic E-state index is 10.6. The molecule has 3 nitrogen and oxygen atoms in total. The van der Waals surface area contributed by atoms with Gasteiger partial charge in [0, 0.05) is 23.8 Å². The lowest BCUT2D eigenvalue weighted by atomic mass is 9.80. The molecule has 0 aliphatic carbocycles. The third-order valence-electron chi connectivity index (χ3n) is 3.60. The predicted molar refractivity (Wildman–Crippen MR) is 65.4 cm³/mol. The van der Waals surface area contributed by atoms with Gasteiger partial charge in [-0.15, -0.1) is 0 Å². The molecule has 80 valence electrons. The molecule has 0 radical (unpaired) electrons. The largest absolute Gasteiger partial charge is 0.383 e. The summed E-state index contributed by atoms with van der Waals surface area (Å²) in [6, 6.07) is 4.68. The fourth-order valence-electron chi connectivity index (χ4n) is 2.83. The van der Waals surface area contributed by atoms with E-state index in [1.807, 2.05) is 18.3 Å². The molecular weight excluding hydrogens is 303 g/mol. The first kappa shape index (κ1) is 9.99. The van der Waals surface area contributed by atoms with E-state index < -0.39 is 5.60 Å². The van der Waals surface area contributed by atoms with Gasteiger partial charge in [-0.05, 0) is 47.9 Å². The number of pyridine rings is 1. The zero-order chi connectivity index (χ0) is 10.5. The van der Waals surface area contributed by atoms with E-state index in [-0.39, 0.29) is 6.04 Å². The fraction of sp³-hybridized carbons (Fsp3) is 0.545. The zero-order valence-corrected chi connectivity index (χ0v) is 10.4. The van der Waals surface area contributed by atoms with Crippen LogP contribution in [0.25, 0.3) is 0 Å². The van der Waals surface area contributed by atoms with Gasteiger partial charge in [-0.3, -0.25) is 0 Å². The third-order valence-corrected chi connectivity index (χ3v) is 4.24. The first-order valence-electron chi connectivity index (χ1n) is 5.29. The minimum absolute atomic E-state index is 0.226. The Balaban J connectivity index is 1.96. The molecule has 2 saturated heterocycles. The number of fused-ring (bicyclic) bond motifs is 2. The minimum Gasteiger partial charge on any atom is -0.383 e. The third kappa shape index (κ3) is 1.50. The van der Waals surface area contributed by atoms with Gasteiger partial charge < -0.3 is 10.4 Å². The molecule has 2 aliphatic heterocycles. The normalized spacial score (nSPS) is 38.5. The van der Waals surface area contributed by atoms with Crippen LogP contribution >= 0.6 is 22.6 Å². The number of hydrogen-bond acceptors (Lipinski definition) is 3. The molecule has 1 aromatic heterocycles. The molecule has 3 atom stereocenters. The van der Waals surface area contributed by atoms with Crippen molar-refractivity contribution < 1.29 is 5.11 Å². The summed E-state index contributed by atoms with van der Waals surface area (Å²) in [6.07, 6.45) is 4.92. The summed E-state index contributed by atoms with van der Waals surface area (Å²) in [5, 5.41) is 14.1. The van der Waals surface area contributed by atoms with Crippen molar-refractivity contribution in [1.29, 1.82) is 0 Å². The van der Waals surface area contributed by atoms with Gasteiger partial charge in [0.1, 0.15) is 9.30 Å². The van der Waals surface area contributed by atoms with Crippen molar-refractivity contribution in [2.75, 3.05) is 0 Å². The Bertz CT molecular complexity index is 381. The SMILES string of the molecule is OC1(c2ccc(I)nc2)CC2CCC1N2. The summed E-state index contributed by atoms with van der Waals surface area (Å²) in [4.78, 5) is 4.25. The standard InChI is InChI=1S/C11H13IN2O/c12-10-4-1-7(6-13-10)11(15)5-8-2-3-9(11)14-8/h1,4,6,8-9,14-15H,2-3,5H2. The van der Waals surface area contributed by atoms with Crippen LogP contribution in [0, 0.1) is 3.70 Å². The van der Waals surface area contributed by atoms with E-state index in [1.165, 1.54) is 6.42 Å². The van der Waals surface area contributed by atoms with Crippen LogP contribution in [0.2, 0.25) is 0 Å². The van der Waals surface area contributed by atoms with Crippen LogP contribution < -0.4 is 5.32 Å². The Morgan fingerprint density at radius 2 is 2.33 bits per heavy atom. The topological polar surface area (TPSA) is 45.2 Å². The molecule has 0 aromatic carbocycles. The molecule has 2 bridgehead atoms. The number of rotatable bonds is 1. The highest BCUT2D eigenvalue weighted by molar-refractivity contribution is 14.1. The molecular formula is C11H13IN2O. The Morgan fingerprint density at radius 1 is 1.47 bits per heavy atom. The number of aliphatic hydroxyl groups is 1. The predicted octanol–water partition coefficient (Wildman–Crippen LogP) is 1.40. The van der Waals surface area contributed by atoms with Gasteiger partial charge in [0.15, 0.2) is 0 Å². The van der Waals surface area contributed by atoms with Gasteiger partial charge in [-0.1, -0.05) is 6.07 Å². The molecule has 0 saturated carbocycles. The van der Waals surface area contributed by atoms with E-state index in [0.717, 1.165) is 22.1 Å². The average Bonchev–Trinajstić information content (AvgIpc) is 2.78. The van der Waals surface area contributed by atoms with E-state index in [0.29, 0.717) is 6.04 Å². The van der Waals surface area contributed by atoms with Crippen molar-refractivity contribution in [2.45, 2.75) is 36.9 Å². The molecule has 0 amide bonds. The summed E-state index contributed by atoms with van der Waals surface area (Å²) >= 11 is 2.18. The van der Waals surface area contributed by atoms with E-state index in [2.05, 4.69) is 32.9 Å². The molecule has 3 heterocycles. The number of aromatic nitrogens is 1. The van der Waals surface area contributed by atoms with Crippen LogP contribution in [0.4, 0.5) is 0 Å². The van der Waals surface area contributed by atoms with Gasteiger partial charge in [0.25, 0.3) is 0 Å². The smallest absolute Gasteiger partial charge is 0.108 e. The van der Waals surface area contributed by atoms with E-state index in [1.54, 1.807) is 0 Å². The zero-order valence-electron chi connectivity index (χ0n) is 8.28. The van der Waals surface area contributed by atoms with Crippen LogP contribution in [-0.4, -0.2) is 22.2 Å². The van der Waals surface area contributed by atoms with E-state index in [4.69, 9.17) is 0 Å². The maximum Gasteiger partial charge on any atom is 0.108 e. The monoisotopic (exact) mass is 316 g/mol. The minimum atomic E-state index is -0.680. The fourth-order valence-corrected chi connectivity index (χ4v) is 3.14. The molecule has 15 heavy (non-hydrogen) atoms. The molecule has 2 N–H and O–H groups in total. The average molecular weight is 316 g/mol. The lowest BCUT2D eigenvalue weighted by Gasteiger charge is -2.31. The van der Waals surface area contributed by atoms with Crippen LogP contribution in [0.3, 0.4) is 0 Å². The van der Waals surface area contributed by atoms with E-state index >= 15 is 0 Å². The van der Waals surface area contributed by atoms with Crippen molar-refractivity contribution in [2.24, 2.45) is 0 Å². The van der Waals surface area contributed by atoms with Gasteiger partial charge in [-0.2, -0.15) is 0 Å². The highest BCUT2D eigenvalue weighted by atomic mass is 127. The number of nitrogens with one attached hydrogen (secondary N) is 1. The number of nitrogens with zero attached hydrogens (tertiary/aromatic N) is 1. The molecule has 2 aliphatic rings. The van der Waals surface area contributed by atoms with Crippen LogP contribution in [0.1, 0.15) is 24.8 Å². The van der Waals surface area contributed by atoms with Gasteiger partial charge >= 0.3 is 0 Å². The van der Waals surface area contributed by atoms with Gasteiger partial charge in [0.05, 0.1) is 0 Å². The van der Waals surface area contributed by atoms with Crippen LogP contribution in [0.5, 0.6) is 0 Å². The Morgan fingerprint density at radius 3 is 2.87 bits per heavy atom. The van der Waals surface area contributed by atoms with Crippen molar-refractivity contribution in [3.8, 4) is 0 Å².